The highest BCUT2D eigenvalue weighted by molar-refractivity contribution is 7.80. The van der Waals surface area contributed by atoms with E-state index >= 15 is 0 Å². The molecule has 1 saturated carbocycles. The zero-order chi connectivity index (χ0) is 24.3. The van der Waals surface area contributed by atoms with Crippen molar-refractivity contribution < 1.29 is 19.0 Å². The number of thiocarbonyl (C=S) groups is 1. The fourth-order valence-corrected chi connectivity index (χ4v) is 5.76. The summed E-state index contributed by atoms with van der Waals surface area (Å²) < 4.78 is 17.4. The van der Waals surface area contributed by atoms with Crippen molar-refractivity contribution in [2.75, 3.05) is 24.7 Å². The second-order valence-corrected chi connectivity index (χ2v) is 10.2. The van der Waals surface area contributed by atoms with Gasteiger partial charge in [0.1, 0.15) is 11.6 Å². The summed E-state index contributed by atoms with van der Waals surface area (Å²) in [5, 5.41) is 9.73. The highest BCUT2D eigenvalue weighted by Gasteiger charge is 2.52. The summed E-state index contributed by atoms with van der Waals surface area (Å²) in [6.45, 7) is 5.67. The molecular weight excluding hydrogens is 476 g/mol. The highest BCUT2D eigenvalue weighted by Crippen LogP contribution is 2.38. The first-order chi connectivity index (χ1) is 16.3. The lowest BCUT2D eigenvalue weighted by Gasteiger charge is -2.40. The number of pyridine rings is 1. The number of nitrogens with zero attached hydrogens (tertiary/aromatic N) is 4. The first-order valence-corrected chi connectivity index (χ1v) is 12.7. The van der Waals surface area contributed by atoms with Crippen LogP contribution in [0.1, 0.15) is 64.5 Å². The summed E-state index contributed by atoms with van der Waals surface area (Å²) in [5.41, 5.74) is -0.188. The Hall–Kier alpha value is -1.83. The second-order valence-electron chi connectivity index (χ2n) is 9.46. The van der Waals surface area contributed by atoms with E-state index in [4.69, 9.17) is 43.3 Å². The van der Waals surface area contributed by atoms with Gasteiger partial charge in [0.05, 0.1) is 36.2 Å². The van der Waals surface area contributed by atoms with Crippen LogP contribution in [0.25, 0.3) is 0 Å². The summed E-state index contributed by atoms with van der Waals surface area (Å²) in [5.74, 6) is -0.125. The fourth-order valence-electron chi connectivity index (χ4n) is 4.99. The van der Waals surface area contributed by atoms with Gasteiger partial charge in [0.2, 0.25) is 0 Å². The summed E-state index contributed by atoms with van der Waals surface area (Å²) >= 11 is 11.9. The predicted molar refractivity (Wildman–Crippen MR) is 132 cm³/mol. The topological polar surface area (TPSA) is 87.9 Å². The molecular formula is C24H31ClN4O4S. The molecule has 10 heteroatoms. The van der Waals surface area contributed by atoms with E-state index in [1.54, 1.807) is 6.07 Å². The van der Waals surface area contributed by atoms with E-state index in [-0.39, 0.29) is 35.1 Å². The molecule has 0 spiro atoms. The maximum Gasteiger partial charge on any atom is 0.258 e. The molecule has 0 aromatic carbocycles. The number of nitriles is 1. The first kappa shape index (κ1) is 25.3. The van der Waals surface area contributed by atoms with Gasteiger partial charge in [-0.3, -0.25) is 9.69 Å². The maximum atomic E-state index is 13.3. The molecule has 1 amide bonds. The van der Waals surface area contributed by atoms with Crippen LogP contribution in [0.5, 0.6) is 0 Å². The molecule has 184 valence electrons. The van der Waals surface area contributed by atoms with E-state index < -0.39 is 5.54 Å². The molecule has 2 saturated heterocycles. The van der Waals surface area contributed by atoms with Crippen LogP contribution in [0.3, 0.4) is 0 Å². The first-order valence-electron chi connectivity index (χ1n) is 11.9. The molecule has 0 radical (unpaired) electrons. The van der Waals surface area contributed by atoms with E-state index in [1.807, 2.05) is 19.9 Å². The minimum Gasteiger partial charge on any atom is -0.376 e. The van der Waals surface area contributed by atoms with E-state index in [0.717, 1.165) is 51.6 Å². The van der Waals surface area contributed by atoms with Crippen molar-refractivity contribution in [3.05, 3.63) is 23.0 Å². The Kier molecular flexibility index (Phi) is 8.05. The molecule has 0 N–H and O–H groups in total. The Bertz CT molecular complexity index is 955. The monoisotopic (exact) mass is 506 g/mol. The number of halogens is 1. The summed E-state index contributed by atoms with van der Waals surface area (Å²) in [6.07, 6.45) is 8.35. The quantitative estimate of drug-likeness (QED) is 0.402. The summed E-state index contributed by atoms with van der Waals surface area (Å²) in [6, 6.07) is 3.65. The lowest BCUT2D eigenvalue weighted by molar-refractivity contribution is -0.172. The Morgan fingerprint density at radius 1 is 1.24 bits per heavy atom. The molecule has 1 aromatic heterocycles. The number of ether oxygens (including phenoxy) is 3. The van der Waals surface area contributed by atoms with Crippen LogP contribution in [0.2, 0.25) is 5.02 Å². The standard InChI is InChI=1S/C24H31ClN4O4S/c1-24(2)22(30)28(17-13-19(25)20(14-26)27-15-17)23(34)29(24)16-6-8-18(9-7-16)31-11-12-33-21-5-3-4-10-32-21/h13,15-16,18,21H,3-12H2,1-2H3/t16-,18-,21?. The average molecular weight is 507 g/mol. The van der Waals surface area contributed by atoms with E-state index in [0.29, 0.717) is 24.0 Å². The van der Waals surface area contributed by atoms with Gasteiger partial charge < -0.3 is 19.1 Å². The van der Waals surface area contributed by atoms with E-state index in [9.17, 15) is 4.79 Å². The summed E-state index contributed by atoms with van der Waals surface area (Å²) in [7, 11) is 0. The third-order valence-electron chi connectivity index (χ3n) is 6.80. The minimum absolute atomic E-state index is 0.0897. The Labute approximate surface area is 211 Å². The fraction of sp³-hybridized carbons (Fsp3) is 0.667. The van der Waals surface area contributed by atoms with Crippen molar-refractivity contribution in [1.29, 1.82) is 5.26 Å². The molecule has 4 rings (SSSR count). The third-order valence-corrected chi connectivity index (χ3v) is 7.47. The van der Waals surface area contributed by atoms with E-state index in [2.05, 4.69) is 9.88 Å². The SMILES string of the molecule is CC1(C)C(=O)N(c2cnc(C#N)c(Cl)c2)C(=S)N1[C@H]1CC[C@H](OCCOC2CCCCO2)CC1. The zero-order valence-corrected chi connectivity index (χ0v) is 21.2. The maximum absolute atomic E-state index is 13.3. The molecule has 2 aliphatic heterocycles. The molecule has 1 aromatic rings. The Balaban J connectivity index is 1.32. The molecule has 8 nitrogen and oxygen atoms in total. The largest absolute Gasteiger partial charge is 0.376 e. The molecule has 3 heterocycles. The Morgan fingerprint density at radius 3 is 2.62 bits per heavy atom. The molecule has 1 atom stereocenters. The van der Waals surface area contributed by atoms with Crippen molar-refractivity contribution in [2.45, 2.75) is 82.8 Å². The van der Waals surface area contributed by atoms with Crippen molar-refractivity contribution in [2.24, 2.45) is 0 Å². The lowest BCUT2D eigenvalue weighted by atomic mass is 9.89. The number of hydrogen-bond donors (Lipinski definition) is 0. The number of hydrogen-bond acceptors (Lipinski definition) is 7. The van der Waals surface area contributed by atoms with Crippen LogP contribution < -0.4 is 4.90 Å². The molecule has 1 aliphatic carbocycles. The number of anilines is 1. The van der Waals surface area contributed by atoms with Crippen molar-refractivity contribution >= 4 is 40.5 Å². The smallest absolute Gasteiger partial charge is 0.258 e. The molecule has 1 unspecified atom stereocenters. The third kappa shape index (κ3) is 5.21. The molecule has 0 bridgehead atoms. The number of aromatic nitrogens is 1. The van der Waals surface area contributed by atoms with Gasteiger partial charge in [0.15, 0.2) is 17.1 Å². The Morgan fingerprint density at radius 2 is 1.97 bits per heavy atom. The van der Waals surface area contributed by atoms with Gasteiger partial charge in [-0.2, -0.15) is 5.26 Å². The normalized spacial score (nSPS) is 27.2. The van der Waals surface area contributed by atoms with Crippen LogP contribution in [-0.4, -0.2) is 64.7 Å². The van der Waals surface area contributed by atoms with Gasteiger partial charge in [-0.1, -0.05) is 11.6 Å². The van der Waals surface area contributed by atoms with Gasteiger partial charge >= 0.3 is 0 Å². The van der Waals surface area contributed by atoms with E-state index in [1.165, 1.54) is 11.1 Å². The number of rotatable bonds is 7. The van der Waals surface area contributed by atoms with Crippen molar-refractivity contribution in [3.63, 3.8) is 0 Å². The van der Waals surface area contributed by atoms with Gasteiger partial charge in [-0.15, -0.1) is 0 Å². The summed E-state index contributed by atoms with van der Waals surface area (Å²) in [4.78, 5) is 20.9. The van der Waals surface area contributed by atoms with Crippen LogP contribution in [-0.2, 0) is 19.0 Å². The van der Waals surface area contributed by atoms with Gasteiger partial charge in [0, 0.05) is 12.6 Å². The van der Waals surface area contributed by atoms with Gasteiger partial charge in [0.25, 0.3) is 5.91 Å². The predicted octanol–water partition coefficient (Wildman–Crippen LogP) is 4.19. The zero-order valence-electron chi connectivity index (χ0n) is 19.7. The van der Waals surface area contributed by atoms with Crippen LogP contribution in [0.15, 0.2) is 12.3 Å². The van der Waals surface area contributed by atoms with Crippen LogP contribution in [0.4, 0.5) is 5.69 Å². The highest BCUT2D eigenvalue weighted by atomic mass is 35.5. The number of carbonyl (C=O) groups excluding carboxylic acids is 1. The second kappa shape index (κ2) is 10.8. The minimum atomic E-state index is -0.788. The number of carbonyl (C=O) groups is 1. The van der Waals surface area contributed by atoms with Crippen molar-refractivity contribution in [1.82, 2.24) is 9.88 Å². The molecule has 34 heavy (non-hydrogen) atoms. The van der Waals surface area contributed by atoms with Crippen molar-refractivity contribution in [3.8, 4) is 6.07 Å². The molecule has 3 fully saturated rings. The average Bonchev–Trinajstić information content (AvgIpc) is 3.01. The van der Waals surface area contributed by atoms with Gasteiger partial charge in [-0.25, -0.2) is 4.98 Å². The molecule has 3 aliphatic rings. The van der Waals surface area contributed by atoms with Gasteiger partial charge in [-0.05, 0) is 77.1 Å². The lowest BCUT2D eigenvalue weighted by Crippen LogP contribution is -2.51. The number of amides is 1. The van der Waals surface area contributed by atoms with Crippen LogP contribution >= 0.6 is 23.8 Å². The van der Waals surface area contributed by atoms with Crippen LogP contribution in [0, 0.1) is 11.3 Å².